The molecule has 8 heteroatoms. The van der Waals surface area contributed by atoms with Gasteiger partial charge >= 0.3 is 0 Å². The molecule has 0 atom stereocenters. The maximum absolute atomic E-state index is 13.5. The van der Waals surface area contributed by atoms with Crippen molar-refractivity contribution >= 4 is 17.2 Å². The molecule has 0 unspecified atom stereocenters. The molecule has 136 valence electrons. The van der Waals surface area contributed by atoms with Gasteiger partial charge in [-0.1, -0.05) is 17.6 Å². The van der Waals surface area contributed by atoms with Gasteiger partial charge < -0.3 is 9.84 Å². The summed E-state index contributed by atoms with van der Waals surface area (Å²) < 4.78 is 31.6. The largest absolute Gasteiger partial charge is 0.352 e. The Labute approximate surface area is 153 Å². The molecule has 0 radical (unpaired) electrons. The van der Waals surface area contributed by atoms with Gasteiger partial charge in [0.05, 0.1) is 10.4 Å². The number of nitrogens with zero attached hydrogens (tertiary/aromatic N) is 2. The first-order valence-corrected chi connectivity index (χ1v) is 9.11. The number of thiophene rings is 1. The minimum absolute atomic E-state index is 0.154. The monoisotopic (exact) mass is 377 g/mol. The summed E-state index contributed by atoms with van der Waals surface area (Å²) in [6, 6.07) is 6.77. The van der Waals surface area contributed by atoms with E-state index >= 15 is 0 Å². The van der Waals surface area contributed by atoms with Gasteiger partial charge in [-0.05, 0) is 36.4 Å². The van der Waals surface area contributed by atoms with Crippen molar-refractivity contribution in [3.05, 3.63) is 58.8 Å². The topological polar surface area (TPSA) is 68.0 Å². The van der Waals surface area contributed by atoms with Gasteiger partial charge in [-0.3, -0.25) is 4.79 Å². The first-order chi connectivity index (χ1) is 12.6. The van der Waals surface area contributed by atoms with Crippen LogP contribution in [0.1, 0.15) is 35.5 Å². The molecular weight excluding hydrogens is 360 g/mol. The van der Waals surface area contributed by atoms with Crippen LogP contribution in [0.3, 0.4) is 0 Å². The Morgan fingerprint density at radius 1 is 1.19 bits per heavy atom. The number of aryl methyl sites for hydroxylation is 1. The summed E-state index contributed by atoms with van der Waals surface area (Å²) in [7, 11) is 0. The number of hydrogen-bond donors (Lipinski definition) is 1. The molecule has 26 heavy (non-hydrogen) atoms. The van der Waals surface area contributed by atoms with Gasteiger partial charge in [0, 0.05) is 19.0 Å². The van der Waals surface area contributed by atoms with E-state index in [1.807, 2.05) is 17.5 Å². The predicted molar refractivity (Wildman–Crippen MR) is 93.9 cm³/mol. The fraction of sp³-hybridized carbons (Fsp3) is 0.278. The van der Waals surface area contributed by atoms with Crippen LogP contribution in [0.2, 0.25) is 0 Å². The van der Waals surface area contributed by atoms with E-state index in [2.05, 4.69) is 15.5 Å². The van der Waals surface area contributed by atoms with E-state index in [-0.39, 0.29) is 5.56 Å². The van der Waals surface area contributed by atoms with Gasteiger partial charge in [-0.25, -0.2) is 8.78 Å². The number of benzene rings is 1. The first kappa shape index (κ1) is 18.2. The third-order valence-corrected chi connectivity index (χ3v) is 4.60. The molecule has 0 aliphatic carbocycles. The Balaban J connectivity index is 1.35. The molecule has 0 spiro atoms. The number of carbonyl (C=O) groups excluding carboxylic acids is 1. The van der Waals surface area contributed by atoms with Gasteiger partial charge in [-0.2, -0.15) is 4.98 Å². The number of hydrogen-bond acceptors (Lipinski definition) is 5. The Morgan fingerprint density at radius 2 is 2.08 bits per heavy atom. The van der Waals surface area contributed by atoms with Crippen molar-refractivity contribution in [1.82, 2.24) is 15.5 Å². The molecule has 3 rings (SSSR count). The molecule has 0 aliphatic heterocycles. The Hall–Kier alpha value is -2.61. The quantitative estimate of drug-likeness (QED) is 0.597. The van der Waals surface area contributed by atoms with Crippen LogP contribution in [-0.4, -0.2) is 22.6 Å². The lowest BCUT2D eigenvalue weighted by Crippen LogP contribution is -2.25. The van der Waals surface area contributed by atoms with Crippen LogP contribution in [0.15, 0.2) is 40.2 Å². The predicted octanol–water partition coefficient (Wildman–Crippen LogP) is 4.22. The van der Waals surface area contributed by atoms with Crippen molar-refractivity contribution in [3.63, 3.8) is 0 Å². The second kappa shape index (κ2) is 8.66. The second-order valence-electron chi connectivity index (χ2n) is 5.68. The van der Waals surface area contributed by atoms with Crippen LogP contribution in [0, 0.1) is 11.6 Å². The summed E-state index contributed by atoms with van der Waals surface area (Å²) in [6.45, 7) is 0.417. The van der Waals surface area contributed by atoms with Gasteiger partial charge in [0.2, 0.25) is 11.7 Å². The van der Waals surface area contributed by atoms with Crippen LogP contribution in [0.25, 0.3) is 10.7 Å². The third kappa shape index (κ3) is 4.72. The lowest BCUT2D eigenvalue weighted by Gasteiger charge is -2.06. The Bertz CT molecular complexity index is 865. The van der Waals surface area contributed by atoms with Crippen molar-refractivity contribution in [2.45, 2.75) is 25.7 Å². The normalized spacial score (nSPS) is 10.8. The van der Waals surface area contributed by atoms with Crippen LogP contribution in [0.4, 0.5) is 8.78 Å². The summed E-state index contributed by atoms with van der Waals surface area (Å²) in [5.74, 6) is -0.919. The number of rotatable bonds is 8. The van der Waals surface area contributed by atoms with Gasteiger partial charge in [0.15, 0.2) is 0 Å². The molecule has 1 amide bonds. The van der Waals surface area contributed by atoms with Crippen LogP contribution in [-0.2, 0) is 6.42 Å². The van der Waals surface area contributed by atoms with Gasteiger partial charge in [0.25, 0.3) is 5.91 Å². The summed E-state index contributed by atoms with van der Waals surface area (Å²) in [5, 5.41) is 8.53. The highest BCUT2D eigenvalue weighted by Gasteiger charge is 2.12. The van der Waals surface area contributed by atoms with E-state index in [4.69, 9.17) is 4.52 Å². The van der Waals surface area contributed by atoms with Crippen LogP contribution in [0.5, 0.6) is 0 Å². The second-order valence-corrected chi connectivity index (χ2v) is 6.63. The maximum Gasteiger partial charge on any atom is 0.254 e. The molecule has 0 saturated heterocycles. The number of amides is 1. The Morgan fingerprint density at radius 3 is 2.85 bits per heavy atom. The van der Waals surface area contributed by atoms with Crippen LogP contribution >= 0.6 is 11.3 Å². The van der Waals surface area contributed by atoms with E-state index < -0.39 is 17.5 Å². The van der Waals surface area contributed by atoms with Crippen molar-refractivity contribution in [2.75, 3.05) is 6.54 Å². The summed E-state index contributed by atoms with van der Waals surface area (Å²) >= 11 is 1.55. The fourth-order valence-electron chi connectivity index (χ4n) is 2.41. The summed E-state index contributed by atoms with van der Waals surface area (Å²) in [6.07, 6.45) is 3.09. The minimum Gasteiger partial charge on any atom is -0.352 e. The van der Waals surface area contributed by atoms with E-state index in [0.717, 1.165) is 36.3 Å². The van der Waals surface area contributed by atoms with E-state index in [0.29, 0.717) is 30.7 Å². The van der Waals surface area contributed by atoms with Crippen molar-refractivity contribution in [2.24, 2.45) is 0 Å². The number of aromatic nitrogens is 2. The van der Waals surface area contributed by atoms with E-state index in [1.165, 1.54) is 0 Å². The Kier molecular flexibility index (Phi) is 6.06. The number of nitrogens with one attached hydrogen (secondary N) is 1. The SMILES string of the molecule is O=C(NCCCCCc1nc(-c2cccs2)no1)c1ccc(F)cc1F. The highest BCUT2D eigenvalue weighted by Crippen LogP contribution is 2.21. The third-order valence-electron chi connectivity index (χ3n) is 3.74. The highest BCUT2D eigenvalue weighted by molar-refractivity contribution is 7.13. The molecule has 2 aromatic heterocycles. The number of halogens is 2. The lowest BCUT2D eigenvalue weighted by molar-refractivity contribution is 0.0949. The molecule has 1 aromatic carbocycles. The average molecular weight is 377 g/mol. The highest BCUT2D eigenvalue weighted by atomic mass is 32.1. The molecule has 5 nitrogen and oxygen atoms in total. The van der Waals surface area contributed by atoms with Crippen molar-refractivity contribution < 1.29 is 18.1 Å². The molecule has 0 bridgehead atoms. The zero-order chi connectivity index (χ0) is 18.4. The minimum atomic E-state index is -0.861. The zero-order valence-electron chi connectivity index (χ0n) is 13.9. The first-order valence-electron chi connectivity index (χ1n) is 8.23. The molecule has 0 aliphatic rings. The maximum atomic E-state index is 13.5. The molecular formula is C18H17F2N3O2S. The van der Waals surface area contributed by atoms with Crippen molar-refractivity contribution in [3.8, 4) is 10.7 Å². The lowest BCUT2D eigenvalue weighted by atomic mass is 10.1. The number of unbranched alkanes of at least 4 members (excludes halogenated alkanes) is 2. The van der Waals surface area contributed by atoms with Gasteiger partial charge in [0.1, 0.15) is 11.6 Å². The summed E-state index contributed by atoms with van der Waals surface area (Å²) in [5.41, 5.74) is -0.154. The fourth-order valence-corrected chi connectivity index (χ4v) is 3.06. The smallest absolute Gasteiger partial charge is 0.254 e. The molecule has 0 saturated carbocycles. The average Bonchev–Trinajstić information content (AvgIpc) is 3.29. The summed E-state index contributed by atoms with van der Waals surface area (Å²) in [4.78, 5) is 17.2. The van der Waals surface area contributed by atoms with Crippen molar-refractivity contribution in [1.29, 1.82) is 0 Å². The standard InChI is InChI=1S/C18H17F2N3O2S/c19-12-7-8-13(14(20)11-12)18(24)21-9-3-1-2-6-16-22-17(23-25-16)15-5-4-10-26-15/h4-5,7-8,10-11H,1-3,6,9H2,(H,21,24). The molecule has 2 heterocycles. The zero-order valence-corrected chi connectivity index (χ0v) is 14.7. The van der Waals surface area contributed by atoms with Gasteiger partial charge in [-0.15, -0.1) is 11.3 Å². The molecule has 1 N–H and O–H groups in total. The molecule has 0 fully saturated rings. The molecule has 3 aromatic rings. The number of carbonyl (C=O) groups is 1. The van der Waals surface area contributed by atoms with E-state index in [1.54, 1.807) is 11.3 Å². The van der Waals surface area contributed by atoms with E-state index in [9.17, 15) is 13.6 Å². The van der Waals surface area contributed by atoms with Crippen LogP contribution < -0.4 is 5.32 Å².